The summed E-state index contributed by atoms with van der Waals surface area (Å²) in [5, 5.41) is 0. The van der Waals surface area contributed by atoms with Gasteiger partial charge in [0, 0.05) is 17.2 Å². The molecule has 0 saturated heterocycles. The number of carbonyl (C=O) groups is 1. The number of allylic oxidation sites excluding steroid dienone is 2. The lowest BCUT2D eigenvalue weighted by molar-refractivity contribution is -0.111. The van der Waals surface area contributed by atoms with Gasteiger partial charge in [0.25, 0.3) is 0 Å². The minimum Gasteiger partial charge on any atom is -0.497 e. The largest absolute Gasteiger partial charge is 0.497 e. The van der Waals surface area contributed by atoms with Gasteiger partial charge >= 0.3 is 0 Å². The van der Waals surface area contributed by atoms with E-state index >= 15 is 0 Å². The van der Waals surface area contributed by atoms with Crippen molar-refractivity contribution >= 4 is 17.9 Å². The van der Waals surface area contributed by atoms with Gasteiger partial charge in [-0.3, -0.25) is 4.79 Å². The maximum Gasteiger partial charge on any atom is 0.185 e. The quantitative estimate of drug-likeness (QED) is 0.743. The summed E-state index contributed by atoms with van der Waals surface area (Å²) in [4.78, 5) is 12.7. The predicted octanol–water partition coefficient (Wildman–Crippen LogP) is 4.54. The SMILES string of the molecule is COc1ccc(/C=C2\CC/C(=C\c3cc(OC)cc(OC)c3)C2=O)cc1. The first kappa shape index (κ1) is 17.8. The zero-order valence-corrected chi connectivity index (χ0v) is 15.2. The molecule has 1 aliphatic rings. The van der Waals surface area contributed by atoms with Gasteiger partial charge in [-0.2, -0.15) is 0 Å². The summed E-state index contributed by atoms with van der Waals surface area (Å²) >= 11 is 0. The number of hydrogen-bond acceptors (Lipinski definition) is 4. The summed E-state index contributed by atoms with van der Waals surface area (Å²) in [7, 11) is 4.86. The molecule has 0 radical (unpaired) electrons. The van der Waals surface area contributed by atoms with Crippen molar-refractivity contribution in [2.45, 2.75) is 12.8 Å². The van der Waals surface area contributed by atoms with E-state index < -0.39 is 0 Å². The van der Waals surface area contributed by atoms with E-state index in [2.05, 4.69) is 0 Å². The normalized spacial score (nSPS) is 17.0. The van der Waals surface area contributed by atoms with Crippen molar-refractivity contribution in [3.8, 4) is 17.2 Å². The maximum absolute atomic E-state index is 12.7. The predicted molar refractivity (Wildman–Crippen MR) is 103 cm³/mol. The third-order valence-corrected chi connectivity index (χ3v) is 4.42. The smallest absolute Gasteiger partial charge is 0.185 e. The van der Waals surface area contributed by atoms with Crippen LogP contribution < -0.4 is 14.2 Å². The van der Waals surface area contributed by atoms with Crippen molar-refractivity contribution in [3.05, 3.63) is 64.7 Å². The Labute approximate surface area is 153 Å². The highest BCUT2D eigenvalue weighted by Gasteiger charge is 2.23. The Bertz CT molecular complexity index is 838. The molecule has 0 amide bonds. The molecule has 1 fully saturated rings. The van der Waals surface area contributed by atoms with Gasteiger partial charge in [0.1, 0.15) is 17.2 Å². The number of ether oxygens (including phenoxy) is 3. The lowest BCUT2D eigenvalue weighted by Gasteiger charge is -2.06. The van der Waals surface area contributed by atoms with Gasteiger partial charge in [0.2, 0.25) is 0 Å². The van der Waals surface area contributed by atoms with Crippen LogP contribution in [-0.2, 0) is 4.79 Å². The van der Waals surface area contributed by atoms with Gasteiger partial charge in [-0.1, -0.05) is 12.1 Å². The Morgan fingerprint density at radius 2 is 1.19 bits per heavy atom. The van der Waals surface area contributed by atoms with E-state index in [4.69, 9.17) is 14.2 Å². The minimum atomic E-state index is 0.0996. The minimum absolute atomic E-state index is 0.0996. The summed E-state index contributed by atoms with van der Waals surface area (Å²) in [5.41, 5.74) is 3.53. The second-order valence-corrected chi connectivity index (χ2v) is 6.09. The van der Waals surface area contributed by atoms with Gasteiger partial charge in [-0.25, -0.2) is 0 Å². The molecular formula is C22H22O4. The van der Waals surface area contributed by atoms with Crippen LogP contribution in [0.15, 0.2) is 53.6 Å². The Hall–Kier alpha value is -3.01. The van der Waals surface area contributed by atoms with Crippen LogP contribution in [0.2, 0.25) is 0 Å². The van der Waals surface area contributed by atoms with Crippen LogP contribution in [0.25, 0.3) is 12.2 Å². The fourth-order valence-electron chi connectivity index (χ4n) is 2.99. The summed E-state index contributed by atoms with van der Waals surface area (Å²) in [6, 6.07) is 13.3. The molecule has 0 aliphatic heterocycles. The number of Topliss-reactive ketones (excluding diaryl/α,β-unsaturated/α-hetero) is 1. The fourth-order valence-corrected chi connectivity index (χ4v) is 2.99. The molecule has 2 aromatic carbocycles. The molecule has 3 rings (SSSR count). The lowest BCUT2D eigenvalue weighted by atomic mass is 10.1. The van der Waals surface area contributed by atoms with Gasteiger partial charge < -0.3 is 14.2 Å². The number of ketones is 1. The summed E-state index contributed by atoms with van der Waals surface area (Å²) in [5.74, 6) is 2.31. The summed E-state index contributed by atoms with van der Waals surface area (Å²) in [6.45, 7) is 0. The molecule has 0 unspecified atom stereocenters. The van der Waals surface area contributed by atoms with E-state index in [1.165, 1.54) is 0 Å². The second-order valence-electron chi connectivity index (χ2n) is 6.09. The van der Waals surface area contributed by atoms with E-state index in [9.17, 15) is 4.79 Å². The van der Waals surface area contributed by atoms with Crippen molar-refractivity contribution in [2.75, 3.05) is 21.3 Å². The molecule has 0 atom stereocenters. The topological polar surface area (TPSA) is 44.8 Å². The van der Waals surface area contributed by atoms with Crippen molar-refractivity contribution < 1.29 is 19.0 Å². The van der Waals surface area contributed by atoms with E-state index in [1.54, 1.807) is 21.3 Å². The van der Waals surface area contributed by atoms with Crippen LogP contribution in [0.4, 0.5) is 0 Å². The van der Waals surface area contributed by atoms with Crippen LogP contribution >= 0.6 is 0 Å². The number of rotatable bonds is 5. The molecule has 1 aliphatic carbocycles. The lowest BCUT2D eigenvalue weighted by Crippen LogP contribution is -1.96. The van der Waals surface area contributed by atoms with Crippen LogP contribution in [0, 0.1) is 0 Å². The van der Waals surface area contributed by atoms with E-state index in [0.29, 0.717) is 11.5 Å². The van der Waals surface area contributed by atoms with Crippen molar-refractivity contribution in [1.82, 2.24) is 0 Å². The number of carbonyl (C=O) groups excluding carboxylic acids is 1. The summed E-state index contributed by atoms with van der Waals surface area (Å²) < 4.78 is 15.7. The van der Waals surface area contributed by atoms with Crippen LogP contribution in [-0.4, -0.2) is 27.1 Å². The average Bonchev–Trinajstić information content (AvgIpc) is 3.01. The van der Waals surface area contributed by atoms with Crippen LogP contribution in [0.5, 0.6) is 17.2 Å². The highest BCUT2D eigenvalue weighted by molar-refractivity contribution is 6.15. The molecule has 0 aromatic heterocycles. The zero-order valence-electron chi connectivity index (χ0n) is 15.2. The standard InChI is InChI=1S/C22H22O4/c1-24-19-8-4-15(5-9-19)10-17-6-7-18(22(17)23)11-16-12-20(25-2)14-21(13-16)26-3/h4-5,8-14H,6-7H2,1-3H3/b17-10+,18-11+. The first-order valence-electron chi connectivity index (χ1n) is 8.46. The number of benzene rings is 2. The molecule has 4 nitrogen and oxygen atoms in total. The monoisotopic (exact) mass is 350 g/mol. The molecule has 0 N–H and O–H groups in total. The van der Waals surface area contributed by atoms with E-state index in [-0.39, 0.29) is 5.78 Å². The molecule has 0 spiro atoms. The van der Waals surface area contributed by atoms with Gasteiger partial charge in [-0.15, -0.1) is 0 Å². The van der Waals surface area contributed by atoms with Crippen molar-refractivity contribution in [2.24, 2.45) is 0 Å². The van der Waals surface area contributed by atoms with E-state index in [0.717, 1.165) is 40.9 Å². The Morgan fingerprint density at radius 1 is 0.692 bits per heavy atom. The fraction of sp³-hybridized carbons (Fsp3) is 0.227. The number of methoxy groups -OCH3 is 3. The molecule has 1 saturated carbocycles. The van der Waals surface area contributed by atoms with Crippen molar-refractivity contribution in [1.29, 1.82) is 0 Å². The van der Waals surface area contributed by atoms with Crippen LogP contribution in [0.3, 0.4) is 0 Å². The van der Waals surface area contributed by atoms with E-state index in [1.807, 2.05) is 54.6 Å². The maximum atomic E-state index is 12.7. The Kier molecular flexibility index (Phi) is 5.42. The molecular weight excluding hydrogens is 328 g/mol. The summed E-state index contributed by atoms with van der Waals surface area (Å²) in [6.07, 6.45) is 5.36. The highest BCUT2D eigenvalue weighted by Crippen LogP contribution is 2.31. The molecule has 26 heavy (non-hydrogen) atoms. The van der Waals surface area contributed by atoms with Crippen molar-refractivity contribution in [3.63, 3.8) is 0 Å². The number of hydrogen-bond donors (Lipinski definition) is 0. The van der Waals surface area contributed by atoms with Gasteiger partial charge in [0.15, 0.2) is 5.78 Å². The second kappa shape index (κ2) is 7.91. The first-order chi connectivity index (χ1) is 12.6. The van der Waals surface area contributed by atoms with Crippen LogP contribution in [0.1, 0.15) is 24.0 Å². The third-order valence-electron chi connectivity index (χ3n) is 4.42. The molecule has 0 bridgehead atoms. The Balaban J connectivity index is 1.84. The molecule has 0 heterocycles. The zero-order chi connectivity index (χ0) is 18.5. The molecule has 4 heteroatoms. The first-order valence-corrected chi connectivity index (χ1v) is 8.46. The Morgan fingerprint density at radius 3 is 1.69 bits per heavy atom. The third kappa shape index (κ3) is 3.97. The highest BCUT2D eigenvalue weighted by atomic mass is 16.5. The molecule has 134 valence electrons. The van der Waals surface area contributed by atoms with Gasteiger partial charge in [0.05, 0.1) is 21.3 Å². The van der Waals surface area contributed by atoms with Gasteiger partial charge in [-0.05, 0) is 60.4 Å². The molecule has 2 aromatic rings. The average molecular weight is 350 g/mol.